The van der Waals surface area contributed by atoms with Gasteiger partial charge in [-0.25, -0.2) is 9.78 Å². The molecule has 0 unspecified atom stereocenters. The third-order valence-corrected chi connectivity index (χ3v) is 5.39. The van der Waals surface area contributed by atoms with Crippen molar-refractivity contribution in [2.45, 2.75) is 0 Å². The van der Waals surface area contributed by atoms with E-state index in [0.717, 1.165) is 25.3 Å². The second-order valence-electron chi connectivity index (χ2n) is 5.62. The molecule has 0 radical (unpaired) electrons. The molecule has 3 aromatic rings. The molecule has 3 rings (SSSR count). The zero-order valence-electron chi connectivity index (χ0n) is 14.7. The normalized spacial score (nSPS) is 11.2. The van der Waals surface area contributed by atoms with Crippen LogP contribution in [0, 0.1) is 0 Å². The summed E-state index contributed by atoms with van der Waals surface area (Å²) < 4.78 is 12.2. The summed E-state index contributed by atoms with van der Waals surface area (Å²) in [6, 6.07) is 11.2. The van der Waals surface area contributed by atoms with Crippen LogP contribution in [0.3, 0.4) is 0 Å². The van der Waals surface area contributed by atoms with Crippen molar-refractivity contribution in [3.05, 3.63) is 51.4 Å². The number of rotatable bonds is 6. The van der Waals surface area contributed by atoms with E-state index in [0.29, 0.717) is 11.4 Å². The highest BCUT2D eigenvalue weighted by molar-refractivity contribution is 9.10. The molecule has 0 aliphatic carbocycles. The molecule has 0 saturated heterocycles. The Morgan fingerprint density at radius 3 is 2.81 bits per heavy atom. The molecule has 0 saturated carbocycles. The van der Waals surface area contributed by atoms with Gasteiger partial charge in [0.2, 0.25) is 0 Å². The number of ether oxygens (including phenoxy) is 2. The molecule has 0 aliphatic rings. The molecule has 0 spiro atoms. The Hall–Kier alpha value is -2.42. The smallest absolute Gasteiger partial charge is 0.411 e. The van der Waals surface area contributed by atoms with Crippen molar-refractivity contribution in [2.75, 3.05) is 25.9 Å². The Kier molecular flexibility index (Phi) is 6.10. The lowest BCUT2D eigenvalue weighted by atomic mass is 10.2. The predicted molar refractivity (Wildman–Crippen MR) is 112 cm³/mol. The minimum atomic E-state index is -1.01. The van der Waals surface area contributed by atoms with Gasteiger partial charge in [0.15, 0.2) is 6.79 Å². The molecular weight excluding hydrogens is 432 g/mol. The Morgan fingerprint density at radius 2 is 2.11 bits per heavy atom. The summed E-state index contributed by atoms with van der Waals surface area (Å²) in [5.74, 6) is 0.712. The molecule has 1 N–H and O–H groups in total. The number of amides is 1. The summed E-state index contributed by atoms with van der Waals surface area (Å²) in [7, 11) is 3.08. The highest BCUT2D eigenvalue weighted by Gasteiger charge is 2.10. The van der Waals surface area contributed by atoms with Gasteiger partial charge in [-0.05, 0) is 57.9 Å². The van der Waals surface area contributed by atoms with E-state index >= 15 is 0 Å². The van der Waals surface area contributed by atoms with Crippen LogP contribution in [0.4, 0.5) is 10.5 Å². The van der Waals surface area contributed by atoms with E-state index in [-0.39, 0.29) is 6.79 Å². The molecule has 8 heteroatoms. The Morgan fingerprint density at radius 1 is 1.30 bits per heavy atom. The number of hydrogen-bond donors (Lipinski definition) is 1. The summed E-state index contributed by atoms with van der Waals surface area (Å²) in [6.07, 6.45) is 2.89. The summed E-state index contributed by atoms with van der Waals surface area (Å²) >= 11 is 5.03. The van der Waals surface area contributed by atoms with Gasteiger partial charge in [0.25, 0.3) is 0 Å². The number of anilines is 1. The lowest BCUT2D eigenvalue weighted by Gasteiger charge is -2.12. The van der Waals surface area contributed by atoms with Crippen LogP contribution in [0.15, 0.2) is 40.9 Å². The molecule has 0 bridgehead atoms. The molecule has 140 valence electrons. The maximum absolute atomic E-state index is 11.1. The van der Waals surface area contributed by atoms with Crippen molar-refractivity contribution < 1.29 is 19.4 Å². The first-order valence-corrected chi connectivity index (χ1v) is 9.55. The molecule has 1 amide bonds. The first kappa shape index (κ1) is 19.3. The van der Waals surface area contributed by atoms with E-state index in [4.69, 9.17) is 14.6 Å². The fraction of sp³-hybridized carbons (Fsp3) is 0.158. The van der Waals surface area contributed by atoms with Crippen LogP contribution in [0.5, 0.6) is 5.75 Å². The highest BCUT2D eigenvalue weighted by Crippen LogP contribution is 2.29. The summed E-state index contributed by atoms with van der Waals surface area (Å²) in [5.41, 5.74) is 2.36. The number of halogens is 1. The number of carbonyl (C=O) groups is 1. The number of fused-ring (bicyclic) bond motifs is 1. The number of nitrogens with zero attached hydrogens (tertiary/aromatic N) is 2. The fourth-order valence-corrected chi connectivity index (χ4v) is 3.71. The number of aromatic nitrogens is 1. The zero-order chi connectivity index (χ0) is 19.4. The van der Waals surface area contributed by atoms with Crippen molar-refractivity contribution in [1.82, 2.24) is 4.98 Å². The average molecular weight is 449 g/mol. The predicted octanol–water partition coefficient (Wildman–Crippen LogP) is 5.33. The zero-order valence-corrected chi connectivity index (χ0v) is 17.1. The van der Waals surface area contributed by atoms with Crippen molar-refractivity contribution >= 4 is 61.4 Å². The fourth-order valence-electron chi connectivity index (χ4n) is 2.35. The Labute approximate surface area is 168 Å². The van der Waals surface area contributed by atoms with Crippen molar-refractivity contribution in [1.29, 1.82) is 0 Å². The average Bonchev–Trinajstić information content (AvgIpc) is 3.07. The monoisotopic (exact) mass is 448 g/mol. The Balaban J connectivity index is 1.80. The van der Waals surface area contributed by atoms with Crippen molar-refractivity contribution in [2.24, 2.45) is 0 Å². The van der Waals surface area contributed by atoms with Crippen LogP contribution in [-0.4, -0.2) is 37.1 Å². The molecule has 27 heavy (non-hydrogen) atoms. The third kappa shape index (κ3) is 4.65. The summed E-state index contributed by atoms with van der Waals surface area (Å²) in [6.45, 7) is 0.193. The topological polar surface area (TPSA) is 71.9 Å². The van der Waals surface area contributed by atoms with E-state index in [1.165, 1.54) is 11.9 Å². The summed E-state index contributed by atoms with van der Waals surface area (Å²) in [5, 5.41) is 9.93. The van der Waals surface area contributed by atoms with Gasteiger partial charge in [-0.3, -0.25) is 4.90 Å². The maximum atomic E-state index is 11.1. The van der Waals surface area contributed by atoms with E-state index in [9.17, 15) is 4.79 Å². The number of benzene rings is 2. The van der Waals surface area contributed by atoms with Crippen LogP contribution in [-0.2, 0) is 4.74 Å². The summed E-state index contributed by atoms with van der Waals surface area (Å²) in [4.78, 5) is 16.8. The standard InChI is InChI=1S/C19H17BrN2O4S/c1-22(19(23)24)13-5-7-17-15(10-13)21-18(27-17)8-4-12-3-6-16(14(20)9-12)26-11-25-2/h3-10H,11H2,1-2H3,(H,23,24). The number of methoxy groups -OCH3 is 1. The van der Waals surface area contributed by atoms with Gasteiger partial charge in [0, 0.05) is 19.8 Å². The Bertz CT molecular complexity index is 1000. The highest BCUT2D eigenvalue weighted by atomic mass is 79.9. The molecule has 2 aromatic carbocycles. The number of carboxylic acid groups (broad SMARTS) is 1. The van der Waals surface area contributed by atoms with Crippen LogP contribution >= 0.6 is 27.3 Å². The first-order valence-electron chi connectivity index (χ1n) is 7.94. The van der Waals surface area contributed by atoms with E-state index < -0.39 is 6.09 Å². The lowest BCUT2D eigenvalue weighted by Crippen LogP contribution is -2.23. The van der Waals surface area contributed by atoms with Crippen LogP contribution in [0.2, 0.25) is 0 Å². The van der Waals surface area contributed by atoms with E-state index in [2.05, 4.69) is 20.9 Å². The van der Waals surface area contributed by atoms with Gasteiger partial charge in [0.05, 0.1) is 14.7 Å². The first-order chi connectivity index (χ1) is 13.0. The van der Waals surface area contributed by atoms with Gasteiger partial charge in [-0.2, -0.15) is 0 Å². The molecular formula is C19H17BrN2O4S. The maximum Gasteiger partial charge on any atom is 0.411 e. The van der Waals surface area contributed by atoms with Gasteiger partial charge in [0.1, 0.15) is 10.8 Å². The molecule has 0 aliphatic heterocycles. The second kappa shape index (κ2) is 8.51. The molecule has 0 atom stereocenters. The van der Waals surface area contributed by atoms with Crippen LogP contribution in [0.1, 0.15) is 10.6 Å². The van der Waals surface area contributed by atoms with Crippen LogP contribution in [0.25, 0.3) is 22.4 Å². The number of hydrogen-bond acceptors (Lipinski definition) is 5. The largest absolute Gasteiger partial charge is 0.466 e. The molecule has 1 aromatic heterocycles. The lowest BCUT2D eigenvalue weighted by molar-refractivity contribution is 0.0506. The van der Waals surface area contributed by atoms with Gasteiger partial charge >= 0.3 is 6.09 Å². The van der Waals surface area contributed by atoms with Gasteiger partial charge in [-0.1, -0.05) is 12.1 Å². The van der Waals surface area contributed by atoms with Crippen molar-refractivity contribution in [3.63, 3.8) is 0 Å². The van der Waals surface area contributed by atoms with Gasteiger partial charge < -0.3 is 14.6 Å². The van der Waals surface area contributed by atoms with Crippen molar-refractivity contribution in [3.8, 4) is 5.75 Å². The van der Waals surface area contributed by atoms with Gasteiger partial charge in [-0.15, -0.1) is 11.3 Å². The molecule has 1 heterocycles. The minimum Gasteiger partial charge on any atom is -0.466 e. The quantitative estimate of drug-likeness (QED) is 0.516. The molecule has 6 nitrogen and oxygen atoms in total. The molecule has 0 fully saturated rings. The SMILES string of the molecule is COCOc1ccc(C=Cc2nc3cc(N(C)C(=O)O)ccc3s2)cc1Br. The number of thiazole rings is 1. The minimum absolute atomic E-state index is 0.193. The second-order valence-corrected chi connectivity index (χ2v) is 7.54. The van der Waals surface area contributed by atoms with E-state index in [1.54, 1.807) is 30.6 Å². The van der Waals surface area contributed by atoms with E-state index in [1.807, 2.05) is 36.4 Å². The third-order valence-electron chi connectivity index (χ3n) is 3.77. The van der Waals surface area contributed by atoms with Crippen LogP contribution < -0.4 is 9.64 Å².